The summed E-state index contributed by atoms with van der Waals surface area (Å²) >= 11 is 1.47. The molecule has 1 aliphatic heterocycles. The van der Waals surface area contributed by atoms with E-state index in [4.69, 9.17) is 10.6 Å². The molecule has 1 aliphatic carbocycles. The van der Waals surface area contributed by atoms with Gasteiger partial charge in [0.05, 0.1) is 34.1 Å². The molecule has 5 rings (SSSR count). The number of pyridine rings is 2. The molecule has 0 aromatic carbocycles. The summed E-state index contributed by atoms with van der Waals surface area (Å²) in [6, 6.07) is 3.58. The molecule has 0 spiro atoms. The minimum Gasteiger partial charge on any atom is -0.383 e. The molecule has 3 aromatic heterocycles. The number of rotatable bonds is 7. The average molecular weight is 542 g/mol. The maximum Gasteiger partial charge on any atom is 0.263 e. The lowest BCUT2D eigenvalue weighted by molar-refractivity contribution is 0.0831. The monoisotopic (exact) mass is 541 g/mol. The van der Waals surface area contributed by atoms with Crippen LogP contribution in [0.3, 0.4) is 0 Å². The van der Waals surface area contributed by atoms with Gasteiger partial charge in [-0.05, 0) is 37.4 Å². The van der Waals surface area contributed by atoms with Crippen molar-refractivity contribution >= 4 is 44.7 Å². The molecule has 4 heterocycles. The number of thiophene rings is 1. The Kier molecular flexibility index (Phi) is 7.80. The van der Waals surface area contributed by atoms with Gasteiger partial charge in [-0.25, -0.2) is 25.2 Å². The van der Waals surface area contributed by atoms with Crippen molar-refractivity contribution in [1.29, 1.82) is 0 Å². The predicted molar refractivity (Wildman–Crippen MR) is 150 cm³/mol. The molecule has 3 aromatic rings. The lowest BCUT2D eigenvalue weighted by Gasteiger charge is -2.40. The minimum atomic E-state index is -0.515. The number of fused-ring (bicyclic) bond motifs is 1. The first kappa shape index (κ1) is 26.7. The molecular formula is C27H36FN7O2S. The van der Waals surface area contributed by atoms with Crippen molar-refractivity contribution in [1.82, 2.24) is 19.8 Å². The van der Waals surface area contributed by atoms with Crippen LogP contribution < -0.4 is 15.8 Å². The summed E-state index contributed by atoms with van der Waals surface area (Å²) in [5, 5.41) is 2.16. The molecule has 0 radical (unpaired) electrons. The highest BCUT2D eigenvalue weighted by atomic mass is 32.1. The van der Waals surface area contributed by atoms with Crippen LogP contribution in [0.5, 0.6) is 0 Å². The number of piperazine rings is 1. The van der Waals surface area contributed by atoms with Crippen LogP contribution in [-0.4, -0.2) is 86.2 Å². The number of aromatic nitrogens is 2. The van der Waals surface area contributed by atoms with Gasteiger partial charge in [-0.2, -0.15) is 0 Å². The average Bonchev–Trinajstić information content (AvgIpc) is 3.56. The quantitative estimate of drug-likeness (QED) is 0.355. The van der Waals surface area contributed by atoms with Gasteiger partial charge in [-0.1, -0.05) is 12.8 Å². The van der Waals surface area contributed by atoms with Crippen LogP contribution in [0.4, 0.5) is 21.7 Å². The van der Waals surface area contributed by atoms with E-state index in [1.165, 1.54) is 22.4 Å². The normalized spacial score (nSPS) is 18.9. The molecule has 38 heavy (non-hydrogen) atoms. The van der Waals surface area contributed by atoms with Crippen LogP contribution in [-0.2, 0) is 4.74 Å². The van der Waals surface area contributed by atoms with Gasteiger partial charge in [-0.3, -0.25) is 9.69 Å². The van der Waals surface area contributed by atoms with Crippen LogP contribution in [0.25, 0.3) is 10.1 Å². The topological polar surface area (TPSA) is 91.1 Å². The van der Waals surface area contributed by atoms with Crippen LogP contribution in [0, 0.1) is 5.82 Å². The Bertz CT molecular complexity index is 1310. The number of anilines is 3. The highest BCUT2D eigenvalue weighted by molar-refractivity contribution is 7.21. The predicted octanol–water partition coefficient (Wildman–Crippen LogP) is 3.97. The molecule has 11 heteroatoms. The van der Waals surface area contributed by atoms with Crippen molar-refractivity contribution in [2.75, 3.05) is 64.4 Å². The van der Waals surface area contributed by atoms with Crippen molar-refractivity contribution in [2.45, 2.75) is 37.6 Å². The number of amides is 1. The number of ether oxygens (including phenoxy) is 1. The summed E-state index contributed by atoms with van der Waals surface area (Å²) in [6.45, 7) is 2.97. The number of nitrogens with two attached hydrogens (primary N) is 1. The van der Waals surface area contributed by atoms with Gasteiger partial charge >= 0.3 is 0 Å². The van der Waals surface area contributed by atoms with Gasteiger partial charge in [-0.15, -0.1) is 11.3 Å². The molecule has 2 aliphatic rings. The summed E-state index contributed by atoms with van der Waals surface area (Å²) < 4.78 is 21.7. The van der Waals surface area contributed by atoms with Crippen molar-refractivity contribution in [3.05, 3.63) is 40.8 Å². The van der Waals surface area contributed by atoms with Crippen molar-refractivity contribution in [2.24, 2.45) is 5.84 Å². The summed E-state index contributed by atoms with van der Waals surface area (Å²) in [5.41, 5.74) is 1.79. The Morgan fingerprint density at radius 3 is 2.66 bits per heavy atom. The SMILES string of the molecule is COC[C@H]1CN(c2cnc(N(N)c3cc4c(C5CCCC5)c(C(=O)N(C)C)sc4cn3)c(F)c2)CCN1C. The number of halogens is 1. The van der Waals surface area contributed by atoms with Crippen molar-refractivity contribution < 1.29 is 13.9 Å². The van der Waals surface area contributed by atoms with Gasteiger partial charge in [0.25, 0.3) is 5.91 Å². The molecule has 2 N–H and O–H groups in total. The van der Waals surface area contributed by atoms with E-state index in [-0.39, 0.29) is 17.8 Å². The number of likely N-dealkylation sites (N-methyl/N-ethyl adjacent to an activating group) is 1. The Morgan fingerprint density at radius 2 is 1.97 bits per heavy atom. The molecule has 1 saturated carbocycles. The third-order valence-corrected chi connectivity index (χ3v) is 8.89. The Labute approximate surface area is 227 Å². The molecule has 1 amide bonds. The Balaban J connectivity index is 1.45. The fourth-order valence-corrected chi connectivity index (χ4v) is 6.82. The lowest BCUT2D eigenvalue weighted by Crippen LogP contribution is -2.53. The second-order valence-electron chi connectivity index (χ2n) is 10.5. The molecular weight excluding hydrogens is 505 g/mol. The summed E-state index contributed by atoms with van der Waals surface area (Å²) in [6.07, 6.45) is 7.80. The van der Waals surface area contributed by atoms with E-state index in [2.05, 4.69) is 26.8 Å². The molecule has 9 nitrogen and oxygen atoms in total. The highest BCUT2D eigenvalue weighted by Crippen LogP contribution is 2.44. The Hall–Kier alpha value is -2.86. The van der Waals surface area contributed by atoms with E-state index in [9.17, 15) is 4.79 Å². The van der Waals surface area contributed by atoms with Crippen LogP contribution in [0.15, 0.2) is 24.5 Å². The molecule has 1 saturated heterocycles. The van der Waals surface area contributed by atoms with Gasteiger partial charge in [0.1, 0.15) is 5.82 Å². The standard InChI is InChI=1S/C27H36FN7O2S/c1-32(2)27(36)25-24(17-7-5-6-8-17)20-12-23(30-14-22(20)38-25)35(29)26-21(28)11-18(13-31-26)34-10-9-33(3)19(15-34)16-37-4/h11-14,17,19H,5-10,15-16,29H2,1-4H3/t19-/m1/s1. The maximum atomic E-state index is 15.4. The summed E-state index contributed by atoms with van der Waals surface area (Å²) in [7, 11) is 7.31. The van der Waals surface area contributed by atoms with Crippen molar-refractivity contribution in [3.8, 4) is 0 Å². The van der Waals surface area contributed by atoms with Crippen LogP contribution in [0.2, 0.25) is 0 Å². The zero-order chi connectivity index (χ0) is 27.0. The second kappa shape index (κ2) is 11.1. The molecule has 204 valence electrons. The first-order chi connectivity index (χ1) is 18.3. The van der Waals surface area contributed by atoms with Crippen LogP contribution in [0.1, 0.15) is 46.8 Å². The number of hydrogen-bond donors (Lipinski definition) is 1. The van der Waals surface area contributed by atoms with Gasteiger partial charge < -0.3 is 14.5 Å². The van der Waals surface area contributed by atoms with E-state index in [0.717, 1.165) is 65.8 Å². The third-order valence-electron chi connectivity index (χ3n) is 7.75. The number of carbonyl (C=O) groups is 1. The smallest absolute Gasteiger partial charge is 0.263 e. The van der Waals surface area contributed by atoms with E-state index in [1.54, 1.807) is 38.5 Å². The fourth-order valence-electron chi connectivity index (χ4n) is 5.56. The maximum absolute atomic E-state index is 15.4. The first-order valence-electron chi connectivity index (χ1n) is 13.1. The molecule has 0 unspecified atom stereocenters. The first-order valence-corrected chi connectivity index (χ1v) is 13.9. The largest absolute Gasteiger partial charge is 0.383 e. The number of carbonyl (C=O) groups excluding carboxylic acids is 1. The van der Waals surface area contributed by atoms with E-state index < -0.39 is 5.82 Å². The van der Waals surface area contributed by atoms with E-state index in [0.29, 0.717) is 24.0 Å². The highest BCUT2D eigenvalue weighted by Gasteiger charge is 2.29. The van der Waals surface area contributed by atoms with Gasteiger partial charge in [0.15, 0.2) is 11.6 Å². The third kappa shape index (κ3) is 5.07. The van der Waals surface area contributed by atoms with E-state index >= 15 is 4.39 Å². The second-order valence-corrected chi connectivity index (χ2v) is 11.5. The molecule has 2 fully saturated rings. The van der Waals surface area contributed by atoms with Gasteiger partial charge in [0, 0.05) is 58.5 Å². The zero-order valence-corrected chi connectivity index (χ0v) is 23.3. The minimum absolute atomic E-state index is 0.000741. The number of methoxy groups -OCH3 is 1. The molecule has 1 atom stereocenters. The fraction of sp³-hybridized carbons (Fsp3) is 0.519. The van der Waals surface area contributed by atoms with E-state index in [1.807, 2.05) is 6.07 Å². The number of hydrogen-bond acceptors (Lipinski definition) is 9. The number of hydrazine groups is 1. The summed E-state index contributed by atoms with van der Waals surface area (Å²) in [5.74, 6) is 6.59. The van der Waals surface area contributed by atoms with Crippen molar-refractivity contribution in [3.63, 3.8) is 0 Å². The Morgan fingerprint density at radius 1 is 1.21 bits per heavy atom. The van der Waals surface area contributed by atoms with Crippen LogP contribution >= 0.6 is 11.3 Å². The summed E-state index contributed by atoms with van der Waals surface area (Å²) in [4.78, 5) is 28.7. The van der Waals surface area contributed by atoms with Gasteiger partial charge in [0.2, 0.25) is 0 Å². The lowest BCUT2D eigenvalue weighted by atomic mass is 9.94. The molecule has 0 bridgehead atoms. The number of nitrogens with zero attached hydrogens (tertiary/aromatic N) is 6. The zero-order valence-electron chi connectivity index (χ0n) is 22.5.